The summed E-state index contributed by atoms with van der Waals surface area (Å²) in [5.41, 5.74) is -0.546. The van der Waals surface area contributed by atoms with Crippen LogP contribution in [-0.4, -0.2) is 17.7 Å². The first kappa shape index (κ1) is 13.8. The minimum atomic E-state index is -4.58. The smallest absolute Gasteiger partial charge is 0.419 e. The Hall–Kier alpha value is -1.24. The van der Waals surface area contributed by atoms with Crippen molar-refractivity contribution in [3.63, 3.8) is 0 Å². The summed E-state index contributed by atoms with van der Waals surface area (Å²) in [6.45, 7) is -0.809. The van der Waals surface area contributed by atoms with Crippen molar-refractivity contribution in [2.45, 2.75) is 11.5 Å². The number of carboxylic acids is 1. The van der Waals surface area contributed by atoms with Crippen LogP contribution in [0, 0.1) is 0 Å². The van der Waals surface area contributed by atoms with Gasteiger partial charge in [-0.3, -0.25) is 0 Å². The maximum atomic E-state index is 12.6. The van der Waals surface area contributed by atoms with Crippen LogP contribution in [0.3, 0.4) is 0 Å². The number of hydrogen-bond acceptors (Lipinski definition) is 2. The van der Waals surface area contributed by atoms with E-state index in [1.165, 1.54) is 6.07 Å². The highest BCUT2D eigenvalue weighted by Gasteiger charge is 2.34. The van der Waals surface area contributed by atoms with E-state index >= 15 is 0 Å². The summed E-state index contributed by atoms with van der Waals surface area (Å²) in [6.07, 6.45) is -4.58. The Balaban J connectivity index is 3.07. The summed E-state index contributed by atoms with van der Waals surface area (Å²) in [4.78, 5) is 10.2. The highest BCUT2D eigenvalue weighted by atomic mass is 79.9. The SMILES string of the molecule is O=C(O)COc1ccc(CBr)cc1C(F)(F)F. The van der Waals surface area contributed by atoms with Crippen molar-refractivity contribution in [2.75, 3.05) is 6.61 Å². The topological polar surface area (TPSA) is 46.5 Å². The number of benzene rings is 1. The molecule has 0 aliphatic heterocycles. The molecule has 0 saturated carbocycles. The molecule has 1 N–H and O–H groups in total. The predicted molar refractivity (Wildman–Crippen MR) is 57.2 cm³/mol. The van der Waals surface area contributed by atoms with Gasteiger partial charge in [-0.05, 0) is 17.7 Å². The third-order valence-corrected chi connectivity index (χ3v) is 2.50. The lowest BCUT2D eigenvalue weighted by Crippen LogP contribution is -2.14. The number of hydrogen-bond donors (Lipinski definition) is 1. The summed E-state index contributed by atoms with van der Waals surface area (Å²) in [5.74, 6) is -1.81. The average Bonchev–Trinajstić information content (AvgIpc) is 2.24. The van der Waals surface area contributed by atoms with Crippen molar-refractivity contribution < 1.29 is 27.8 Å². The van der Waals surface area contributed by atoms with E-state index in [1.807, 2.05) is 0 Å². The zero-order valence-electron chi connectivity index (χ0n) is 8.42. The normalized spacial score (nSPS) is 11.3. The van der Waals surface area contributed by atoms with Crippen molar-refractivity contribution in [2.24, 2.45) is 0 Å². The Morgan fingerprint density at radius 2 is 2.06 bits per heavy atom. The molecule has 0 amide bonds. The summed E-state index contributed by atoms with van der Waals surface area (Å²) in [7, 11) is 0. The molecule has 0 bridgehead atoms. The second kappa shape index (κ2) is 5.39. The Bertz CT molecular complexity index is 418. The maximum Gasteiger partial charge on any atom is 0.419 e. The van der Waals surface area contributed by atoms with Crippen molar-refractivity contribution in [1.29, 1.82) is 0 Å². The van der Waals surface area contributed by atoms with E-state index in [2.05, 4.69) is 20.7 Å². The van der Waals surface area contributed by atoms with Gasteiger partial charge in [0.2, 0.25) is 0 Å². The van der Waals surface area contributed by atoms with Crippen LogP contribution >= 0.6 is 15.9 Å². The molecule has 0 aliphatic rings. The largest absolute Gasteiger partial charge is 0.481 e. The molecule has 0 heterocycles. The Kier molecular flexibility index (Phi) is 4.39. The van der Waals surface area contributed by atoms with Crippen molar-refractivity contribution in [1.82, 2.24) is 0 Å². The van der Waals surface area contributed by atoms with Gasteiger partial charge >= 0.3 is 12.1 Å². The highest BCUT2D eigenvalue weighted by molar-refractivity contribution is 9.08. The highest BCUT2D eigenvalue weighted by Crippen LogP contribution is 2.37. The van der Waals surface area contributed by atoms with Gasteiger partial charge in [0.25, 0.3) is 0 Å². The van der Waals surface area contributed by atoms with Crippen LogP contribution in [0.4, 0.5) is 13.2 Å². The number of rotatable bonds is 4. The number of carbonyl (C=O) groups is 1. The van der Waals surface area contributed by atoms with Crippen molar-refractivity contribution in [3.05, 3.63) is 29.3 Å². The Morgan fingerprint density at radius 3 is 2.53 bits per heavy atom. The Labute approximate surface area is 103 Å². The molecule has 1 aromatic carbocycles. The molecule has 0 aromatic heterocycles. The van der Waals surface area contributed by atoms with E-state index in [0.29, 0.717) is 5.56 Å². The van der Waals surface area contributed by atoms with Crippen molar-refractivity contribution in [3.8, 4) is 5.75 Å². The fourth-order valence-corrected chi connectivity index (χ4v) is 1.50. The van der Waals surface area contributed by atoms with Gasteiger partial charge in [0.15, 0.2) is 6.61 Å². The van der Waals surface area contributed by atoms with Crippen LogP contribution in [0.1, 0.15) is 11.1 Å². The van der Waals surface area contributed by atoms with Gasteiger partial charge in [-0.1, -0.05) is 22.0 Å². The van der Waals surface area contributed by atoms with Gasteiger partial charge < -0.3 is 9.84 Å². The second-order valence-electron chi connectivity index (χ2n) is 3.14. The number of carboxylic acid groups (broad SMARTS) is 1. The van der Waals surface area contributed by atoms with Crippen LogP contribution in [-0.2, 0) is 16.3 Å². The fourth-order valence-electron chi connectivity index (χ4n) is 1.15. The molecule has 0 aliphatic carbocycles. The molecule has 3 nitrogen and oxygen atoms in total. The van der Waals surface area contributed by atoms with Crippen LogP contribution < -0.4 is 4.74 Å². The molecular formula is C10H8BrF3O3. The molecule has 0 radical (unpaired) electrons. The number of alkyl halides is 4. The molecule has 0 unspecified atom stereocenters. The lowest BCUT2D eigenvalue weighted by atomic mass is 10.1. The summed E-state index contributed by atoms with van der Waals surface area (Å²) in [6, 6.07) is 3.47. The third-order valence-electron chi connectivity index (χ3n) is 1.85. The quantitative estimate of drug-likeness (QED) is 0.869. The van der Waals surface area contributed by atoms with Crippen LogP contribution in [0.5, 0.6) is 5.75 Å². The molecule has 0 saturated heterocycles. The molecule has 0 spiro atoms. The van der Waals surface area contributed by atoms with Gasteiger partial charge in [-0.25, -0.2) is 4.79 Å². The summed E-state index contributed by atoms with van der Waals surface area (Å²) in [5, 5.41) is 8.63. The molecule has 0 atom stereocenters. The van der Waals surface area contributed by atoms with E-state index in [0.717, 1.165) is 12.1 Å². The third kappa shape index (κ3) is 3.92. The number of halogens is 4. The number of aliphatic carboxylic acids is 1. The first-order chi connectivity index (χ1) is 7.84. The maximum absolute atomic E-state index is 12.6. The standard InChI is InChI=1S/C10H8BrF3O3/c11-4-6-1-2-8(17-5-9(15)16)7(3-6)10(12,13)14/h1-3H,4-5H2,(H,15,16). The first-order valence-corrected chi connectivity index (χ1v) is 5.57. The molecule has 17 heavy (non-hydrogen) atoms. The average molecular weight is 313 g/mol. The lowest BCUT2D eigenvalue weighted by Gasteiger charge is -2.13. The zero-order chi connectivity index (χ0) is 13.1. The van der Waals surface area contributed by atoms with E-state index < -0.39 is 30.1 Å². The van der Waals surface area contributed by atoms with Gasteiger partial charge in [-0.2, -0.15) is 13.2 Å². The summed E-state index contributed by atoms with van der Waals surface area (Å²) >= 11 is 3.04. The molecule has 1 aromatic rings. The molecule has 7 heteroatoms. The zero-order valence-corrected chi connectivity index (χ0v) is 10.0. The summed E-state index contributed by atoms with van der Waals surface area (Å²) < 4.78 is 42.5. The predicted octanol–water partition coefficient (Wildman–Crippen LogP) is 3.06. The van der Waals surface area contributed by atoms with Gasteiger partial charge in [0, 0.05) is 5.33 Å². The van der Waals surface area contributed by atoms with Crippen LogP contribution in [0.2, 0.25) is 0 Å². The first-order valence-electron chi connectivity index (χ1n) is 4.45. The molecular weight excluding hydrogens is 305 g/mol. The minimum absolute atomic E-state index is 0.273. The fraction of sp³-hybridized carbons (Fsp3) is 0.300. The van der Waals surface area contributed by atoms with E-state index in [-0.39, 0.29) is 5.33 Å². The monoisotopic (exact) mass is 312 g/mol. The van der Waals surface area contributed by atoms with E-state index in [9.17, 15) is 18.0 Å². The van der Waals surface area contributed by atoms with Crippen LogP contribution in [0.15, 0.2) is 18.2 Å². The van der Waals surface area contributed by atoms with Gasteiger partial charge in [-0.15, -0.1) is 0 Å². The van der Waals surface area contributed by atoms with Crippen LogP contribution in [0.25, 0.3) is 0 Å². The van der Waals surface area contributed by atoms with Gasteiger partial charge in [0.1, 0.15) is 5.75 Å². The van der Waals surface area contributed by atoms with Crippen molar-refractivity contribution >= 4 is 21.9 Å². The molecule has 1 rings (SSSR count). The minimum Gasteiger partial charge on any atom is -0.481 e. The molecule has 94 valence electrons. The molecule has 0 fully saturated rings. The van der Waals surface area contributed by atoms with Gasteiger partial charge in [0.05, 0.1) is 5.56 Å². The Morgan fingerprint density at radius 1 is 1.41 bits per heavy atom. The number of ether oxygens (including phenoxy) is 1. The lowest BCUT2D eigenvalue weighted by molar-refractivity contribution is -0.143. The van der Waals surface area contributed by atoms with E-state index in [1.54, 1.807) is 0 Å². The van der Waals surface area contributed by atoms with E-state index in [4.69, 9.17) is 5.11 Å². The second-order valence-corrected chi connectivity index (χ2v) is 3.71.